The van der Waals surface area contributed by atoms with Gasteiger partial charge in [0, 0.05) is 12.6 Å². The van der Waals surface area contributed by atoms with Crippen molar-refractivity contribution in [1.29, 1.82) is 0 Å². The van der Waals surface area contributed by atoms with Gasteiger partial charge in [-0.3, -0.25) is 4.79 Å². The number of nitrogens with one attached hydrogen (secondary N) is 1. The maximum Gasteiger partial charge on any atom is 0.239 e. The van der Waals surface area contributed by atoms with Crippen molar-refractivity contribution in [2.45, 2.75) is 57.7 Å². The van der Waals surface area contributed by atoms with Crippen LogP contribution in [0.5, 0.6) is 0 Å². The standard InChI is InChI=1S/C11H22N2O2.ClH/c1-8(7-9-5-4-6-15-9)13-10(14)11(2,3)12;/h8-9H,4-7,12H2,1-3H3,(H,13,14);1H. The molecule has 1 fully saturated rings. The molecular formula is C11H23ClN2O2. The number of nitrogens with two attached hydrogens (primary N) is 1. The minimum atomic E-state index is -0.801. The first-order valence-corrected chi connectivity index (χ1v) is 5.61. The van der Waals surface area contributed by atoms with E-state index in [1.807, 2.05) is 6.92 Å². The van der Waals surface area contributed by atoms with Gasteiger partial charge in [-0.25, -0.2) is 0 Å². The third kappa shape index (κ3) is 5.14. The number of halogens is 1. The summed E-state index contributed by atoms with van der Waals surface area (Å²) < 4.78 is 5.51. The number of carbonyl (C=O) groups is 1. The lowest BCUT2D eigenvalue weighted by Gasteiger charge is -2.23. The molecule has 1 heterocycles. The van der Waals surface area contributed by atoms with Crippen molar-refractivity contribution < 1.29 is 9.53 Å². The van der Waals surface area contributed by atoms with Crippen molar-refractivity contribution in [3.8, 4) is 0 Å². The van der Waals surface area contributed by atoms with Crippen LogP contribution in [0, 0.1) is 0 Å². The van der Waals surface area contributed by atoms with E-state index in [4.69, 9.17) is 10.5 Å². The fourth-order valence-corrected chi connectivity index (χ4v) is 1.69. The first kappa shape index (κ1) is 15.7. The molecule has 2 unspecified atom stereocenters. The van der Waals surface area contributed by atoms with Gasteiger partial charge in [-0.1, -0.05) is 0 Å². The Labute approximate surface area is 104 Å². The summed E-state index contributed by atoms with van der Waals surface area (Å²) in [6, 6.07) is 0.128. The second-order valence-corrected chi connectivity index (χ2v) is 4.97. The lowest BCUT2D eigenvalue weighted by molar-refractivity contribution is -0.126. The number of ether oxygens (including phenoxy) is 1. The number of carbonyl (C=O) groups excluding carboxylic acids is 1. The highest BCUT2D eigenvalue weighted by Crippen LogP contribution is 2.16. The Bertz CT molecular complexity index is 223. The summed E-state index contributed by atoms with van der Waals surface area (Å²) in [5.74, 6) is -0.104. The second kappa shape index (κ2) is 6.42. The third-order valence-electron chi connectivity index (χ3n) is 2.60. The van der Waals surface area contributed by atoms with E-state index in [0.717, 1.165) is 25.9 Å². The van der Waals surface area contributed by atoms with E-state index >= 15 is 0 Å². The normalized spacial score (nSPS) is 22.4. The summed E-state index contributed by atoms with van der Waals surface area (Å²) in [5.41, 5.74) is 4.89. The number of rotatable bonds is 4. The summed E-state index contributed by atoms with van der Waals surface area (Å²) >= 11 is 0. The highest BCUT2D eigenvalue weighted by atomic mass is 35.5. The van der Waals surface area contributed by atoms with Crippen LogP contribution in [0.2, 0.25) is 0 Å². The van der Waals surface area contributed by atoms with Gasteiger partial charge >= 0.3 is 0 Å². The molecule has 4 nitrogen and oxygen atoms in total. The van der Waals surface area contributed by atoms with Gasteiger partial charge in [0.2, 0.25) is 5.91 Å². The van der Waals surface area contributed by atoms with E-state index in [0.29, 0.717) is 6.10 Å². The second-order valence-electron chi connectivity index (χ2n) is 4.97. The summed E-state index contributed by atoms with van der Waals surface area (Å²) in [5, 5.41) is 2.90. The molecule has 0 bridgehead atoms. The quantitative estimate of drug-likeness (QED) is 0.789. The van der Waals surface area contributed by atoms with Gasteiger partial charge < -0.3 is 15.8 Å². The van der Waals surface area contributed by atoms with Gasteiger partial charge in [0.05, 0.1) is 11.6 Å². The third-order valence-corrected chi connectivity index (χ3v) is 2.60. The zero-order chi connectivity index (χ0) is 11.5. The molecule has 1 aliphatic rings. The molecule has 1 aliphatic heterocycles. The Balaban J connectivity index is 0.00000225. The fraction of sp³-hybridized carbons (Fsp3) is 0.909. The molecule has 5 heteroatoms. The Morgan fingerprint density at radius 1 is 1.62 bits per heavy atom. The van der Waals surface area contributed by atoms with Gasteiger partial charge in [0.15, 0.2) is 0 Å². The van der Waals surface area contributed by atoms with Crippen LogP contribution >= 0.6 is 12.4 Å². The number of amides is 1. The zero-order valence-corrected chi connectivity index (χ0v) is 11.1. The predicted molar refractivity (Wildman–Crippen MR) is 66.7 cm³/mol. The van der Waals surface area contributed by atoms with Crippen LogP contribution in [0.1, 0.15) is 40.0 Å². The van der Waals surface area contributed by atoms with E-state index in [1.165, 1.54) is 0 Å². The molecule has 0 spiro atoms. The summed E-state index contributed by atoms with van der Waals surface area (Å²) in [4.78, 5) is 11.6. The molecule has 0 radical (unpaired) electrons. The maximum absolute atomic E-state index is 11.6. The topological polar surface area (TPSA) is 64.3 Å². The minimum Gasteiger partial charge on any atom is -0.378 e. The Morgan fingerprint density at radius 3 is 2.69 bits per heavy atom. The molecule has 1 rings (SSSR count). The van der Waals surface area contributed by atoms with E-state index in [1.54, 1.807) is 13.8 Å². The monoisotopic (exact) mass is 250 g/mol. The van der Waals surface area contributed by atoms with E-state index in [-0.39, 0.29) is 24.4 Å². The SMILES string of the molecule is CC(CC1CCCO1)NC(=O)C(C)(C)N.Cl. The lowest BCUT2D eigenvalue weighted by Crippen LogP contribution is -2.52. The van der Waals surface area contributed by atoms with Gasteiger partial charge in [0.1, 0.15) is 0 Å². The summed E-state index contributed by atoms with van der Waals surface area (Å²) in [6.45, 7) is 6.27. The Kier molecular flexibility index (Phi) is 6.30. The summed E-state index contributed by atoms with van der Waals surface area (Å²) in [7, 11) is 0. The highest BCUT2D eigenvalue weighted by molar-refractivity contribution is 5.85. The van der Waals surface area contributed by atoms with Crippen molar-refractivity contribution in [2.75, 3.05) is 6.61 Å². The highest BCUT2D eigenvalue weighted by Gasteiger charge is 2.25. The first-order chi connectivity index (χ1) is 6.89. The molecule has 0 aromatic carbocycles. The van der Waals surface area contributed by atoms with Crippen molar-refractivity contribution in [3.05, 3.63) is 0 Å². The van der Waals surface area contributed by atoms with Crippen LogP contribution in [0.4, 0.5) is 0 Å². The van der Waals surface area contributed by atoms with Crippen LogP contribution in [0.3, 0.4) is 0 Å². The average molecular weight is 251 g/mol. The van der Waals surface area contributed by atoms with Crippen LogP contribution in [0.15, 0.2) is 0 Å². The van der Waals surface area contributed by atoms with E-state index < -0.39 is 5.54 Å². The molecule has 0 saturated carbocycles. The van der Waals surface area contributed by atoms with Gasteiger partial charge in [0.25, 0.3) is 0 Å². The van der Waals surface area contributed by atoms with Crippen LogP contribution in [-0.4, -0.2) is 30.2 Å². The van der Waals surface area contributed by atoms with E-state index in [2.05, 4.69) is 5.32 Å². The largest absolute Gasteiger partial charge is 0.378 e. The fourth-order valence-electron chi connectivity index (χ4n) is 1.69. The van der Waals surface area contributed by atoms with Crippen LogP contribution in [0.25, 0.3) is 0 Å². The number of hydrogen-bond acceptors (Lipinski definition) is 3. The van der Waals surface area contributed by atoms with Gasteiger partial charge in [-0.2, -0.15) is 0 Å². The molecule has 2 atom stereocenters. The van der Waals surface area contributed by atoms with E-state index in [9.17, 15) is 4.79 Å². The molecule has 0 aliphatic carbocycles. The molecule has 16 heavy (non-hydrogen) atoms. The molecule has 96 valence electrons. The Hall–Kier alpha value is -0.320. The first-order valence-electron chi connectivity index (χ1n) is 5.61. The maximum atomic E-state index is 11.6. The van der Waals surface area contributed by atoms with Crippen molar-refractivity contribution in [1.82, 2.24) is 5.32 Å². The molecule has 0 aromatic rings. The zero-order valence-electron chi connectivity index (χ0n) is 10.3. The van der Waals surface area contributed by atoms with Crippen molar-refractivity contribution >= 4 is 18.3 Å². The lowest BCUT2D eigenvalue weighted by atomic mass is 10.0. The smallest absolute Gasteiger partial charge is 0.239 e. The van der Waals surface area contributed by atoms with Gasteiger partial charge in [-0.15, -0.1) is 12.4 Å². The van der Waals surface area contributed by atoms with Crippen molar-refractivity contribution in [3.63, 3.8) is 0 Å². The Morgan fingerprint density at radius 2 is 2.25 bits per heavy atom. The minimum absolute atomic E-state index is 0. The van der Waals surface area contributed by atoms with Crippen LogP contribution < -0.4 is 11.1 Å². The van der Waals surface area contributed by atoms with Crippen LogP contribution in [-0.2, 0) is 9.53 Å². The van der Waals surface area contributed by atoms with Crippen molar-refractivity contribution in [2.24, 2.45) is 5.73 Å². The number of hydrogen-bond donors (Lipinski definition) is 2. The average Bonchev–Trinajstić information content (AvgIpc) is 2.54. The molecule has 3 N–H and O–H groups in total. The summed E-state index contributed by atoms with van der Waals surface area (Å²) in [6.07, 6.45) is 3.42. The van der Waals surface area contributed by atoms with Gasteiger partial charge in [-0.05, 0) is 40.0 Å². The molecule has 1 amide bonds. The molecule has 0 aromatic heterocycles. The predicted octanol–water partition coefficient (Wildman–Crippen LogP) is 1.22. The molecular weight excluding hydrogens is 228 g/mol. The molecule has 1 saturated heterocycles.